The van der Waals surface area contributed by atoms with Gasteiger partial charge < -0.3 is 10.3 Å². The number of aromatic amines is 1. The van der Waals surface area contributed by atoms with Crippen LogP contribution < -0.4 is 10.9 Å². The number of carbonyl (C=O) groups excluding carboxylic acids is 1. The second kappa shape index (κ2) is 7.95. The molecule has 0 aromatic carbocycles. The van der Waals surface area contributed by atoms with Crippen LogP contribution in [0, 0.1) is 11.8 Å². The molecule has 2 aromatic heterocycles. The van der Waals surface area contributed by atoms with Crippen LogP contribution in [-0.4, -0.2) is 27.7 Å². The summed E-state index contributed by atoms with van der Waals surface area (Å²) in [4.78, 5) is 34.6. The number of amides is 1. The summed E-state index contributed by atoms with van der Waals surface area (Å²) >= 11 is 2.97. The van der Waals surface area contributed by atoms with Crippen LogP contribution in [0.5, 0.6) is 0 Å². The predicted molar refractivity (Wildman–Crippen MR) is 112 cm³/mol. The molecule has 1 amide bonds. The van der Waals surface area contributed by atoms with Crippen molar-refractivity contribution in [2.45, 2.75) is 70.0 Å². The first kappa shape index (κ1) is 19.0. The minimum atomic E-state index is -0.0594. The van der Waals surface area contributed by atoms with Gasteiger partial charge in [0.2, 0.25) is 5.91 Å². The van der Waals surface area contributed by atoms with E-state index in [9.17, 15) is 9.59 Å². The van der Waals surface area contributed by atoms with E-state index in [2.05, 4.69) is 29.1 Å². The second-order valence-corrected chi connectivity index (χ2v) is 10.2. The molecule has 0 unspecified atom stereocenters. The molecule has 4 rings (SSSR count). The van der Waals surface area contributed by atoms with Crippen molar-refractivity contribution in [1.82, 2.24) is 15.3 Å². The Bertz CT molecular complexity index is 904. The first-order valence-electron chi connectivity index (χ1n) is 9.98. The number of thioether (sulfide) groups is 1. The molecule has 0 saturated heterocycles. The van der Waals surface area contributed by atoms with Crippen molar-refractivity contribution in [2.24, 2.45) is 11.8 Å². The van der Waals surface area contributed by atoms with Crippen LogP contribution in [0.4, 0.5) is 0 Å². The van der Waals surface area contributed by atoms with E-state index in [1.165, 1.54) is 41.5 Å². The van der Waals surface area contributed by atoms with E-state index in [1.807, 2.05) is 0 Å². The summed E-state index contributed by atoms with van der Waals surface area (Å²) in [7, 11) is 0. The van der Waals surface area contributed by atoms with Gasteiger partial charge in [0.05, 0.1) is 11.1 Å². The zero-order chi connectivity index (χ0) is 19.0. The third kappa shape index (κ3) is 4.09. The third-order valence-electron chi connectivity index (χ3n) is 5.94. The fourth-order valence-corrected chi connectivity index (χ4v) is 6.42. The Morgan fingerprint density at radius 2 is 2.11 bits per heavy atom. The van der Waals surface area contributed by atoms with E-state index in [0.29, 0.717) is 22.7 Å². The molecule has 5 nitrogen and oxygen atoms in total. The quantitative estimate of drug-likeness (QED) is 0.598. The number of H-pyrrole nitrogens is 1. The number of aromatic nitrogens is 2. The molecule has 146 valence electrons. The van der Waals surface area contributed by atoms with Gasteiger partial charge in [-0.25, -0.2) is 4.98 Å². The van der Waals surface area contributed by atoms with Gasteiger partial charge in [0.25, 0.3) is 5.56 Å². The van der Waals surface area contributed by atoms with Crippen LogP contribution in [0.2, 0.25) is 0 Å². The summed E-state index contributed by atoms with van der Waals surface area (Å²) in [5.41, 5.74) is 1.14. The minimum Gasteiger partial charge on any atom is -0.352 e. The monoisotopic (exact) mass is 405 g/mol. The average molecular weight is 406 g/mol. The molecule has 2 heterocycles. The lowest BCUT2D eigenvalue weighted by atomic mass is 9.86. The highest BCUT2D eigenvalue weighted by Gasteiger charge is 2.24. The van der Waals surface area contributed by atoms with E-state index in [-0.39, 0.29) is 17.5 Å². The molecule has 7 heteroatoms. The van der Waals surface area contributed by atoms with Gasteiger partial charge in [-0.05, 0) is 49.5 Å². The molecule has 2 aliphatic carbocycles. The topological polar surface area (TPSA) is 74.8 Å². The predicted octanol–water partition coefficient (Wildman–Crippen LogP) is 3.90. The number of fused-ring (bicyclic) bond motifs is 3. The van der Waals surface area contributed by atoms with Crippen LogP contribution in [-0.2, 0) is 17.6 Å². The summed E-state index contributed by atoms with van der Waals surface area (Å²) in [5.74, 6) is 1.53. The van der Waals surface area contributed by atoms with Gasteiger partial charge in [0.15, 0.2) is 5.16 Å². The Morgan fingerprint density at radius 3 is 2.93 bits per heavy atom. The van der Waals surface area contributed by atoms with Crippen molar-refractivity contribution in [3.63, 3.8) is 0 Å². The first-order chi connectivity index (χ1) is 13.0. The van der Waals surface area contributed by atoms with Gasteiger partial charge >= 0.3 is 0 Å². The van der Waals surface area contributed by atoms with Crippen LogP contribution in [0.25, 0.3) is 10.2 Å². The van der Waals surface area contributed by atoms with Crippen LogP contribution >= 0.6 is 23.1 Å². The Balaban J connectivity index is 1.45. The number of rotatable bonds is 4. The summed E-state index contributed by atoms with van der Waals surface area (Å²) < 4.78 is 0. The molecule has 0 spiro atoms. The lowest BCUT2D eigenvalue weighted by Gasteiger charge is -2.29. The molecule has 2 aromatic rings. The molecule has 1 fully saturated rings. The smallest absolute Gasteiger partial charge is 0.260 e. The zero-order valence-electron chi connectivity index (χ0n) is 16.0. The van der Waals surface area contributed by atoms with E-state index in [0.717, 1.165) is 35.9 Å². The summed E-state index contributed by atoms with van der Waals surface area (Å²) in [5, 5.41) is 4.48. The maximum Gasteiger partial charge on any atom is 0.260 e. The molecule has 2 N–H and O–H groups in total. The number of thiophene rings is 1. The number of aryl methyl sites for hydroxylation is 1. The molecule has 3 atom stereocenters. The molecule has 2 aliphatic rings. The highest BCUT2D eigenvalue weighted by molar-refractivity contribution is 7.99. The number of nitrogens with one attached hydrogen (secondary N) is 2. The highest BCUT2D eigenvalue weighted by Crippen LogP contribution is 2.36. The van der Waals surface area contributed by atoms with Gasteiger partial charge in [-0.15, -0.1) is 11.3 Å². The molecule has 0 radical (unpaired) electrons. The van der Waals surface area contributed by atoms with Crippen LogP contribution in [0.3, 0.4) is 0 Å². The largest absolute Gasteiger partial charge is 0.352 e. The number of hydrogen-bond acceptors (Lipinski definition) is 5. The van der Waals surface area contributed by atoms with Gasteiger partial charge in [-0.3, -0.25) is 9.59 Å². The van der Waals surface area contributed by atoms with E-state index >= 15 is 0 Å². The normalized spacial score (nSPS) is 25.3. The highest BCUT2D eigenvalue weighted by atomic mass is 32.2. The third-order valence-corrected chi connectivity index (χ3v) is 7.96. The number of nitrogens with zero attached hydrogens (tertiary/aromatic N) is 1. The van der Waals surface area contributed by atoms with Crippen molar-refractivity contribution in [3.05, 3.63) is 20.8 Å². The zero-order valence-corrected chi connectivity index (χ0v) is 17.6. The Labute approximate surface area is 167 Å². The van der Waals surface area contributed by atoms with Crippen LogP contribution in [0.1, 0.15) is 56.4 Å². The SMILES string of the molecule is C[C@H]1CCc2c(sc3nc(SCC(=O)N[C@@H]4CCCC[C@@H]4C)[nH]c(=O)c23)C1. The maximum atomic E-state index is 12.6. The first-order valence-corrected chi connectivity index (χ1v) is 11.8. The Kier molecular flexibility index (Phi) is 5.60. The fraction of sp³-hybridized carbons (Fsp3) is 0.650. The molecule has 0 bridgehead atoms. The average Bonchev–Trinajstić information content (AvgIpc) is 2.99. The van der Waals surface area contributed by atoms with Gasteiger partial charge in [-0.1, -0.05) is 38.5 Å². The molecule has 0 aliphatic heterocycles. The standard InChI is InChI=1S/C20H27N3O2S2/c1-11-7-8-13-15(9-11)27-19-17(13)18(25)22-20(23-19)26-10-16(24)21-14-6-4-3-5-12(14)2/h11-12,14H,3-10H2,1-2H3,(H,21,24)(H,22,23,25)/t11-,12-,14+/m0/s1. The van der Waals surface area contributed by atoms with E-state index < -0.39 is 0 Å². The molecule has 1 saturated carbocycles. The molecule has 27 heavy (non-hydrogen) atoms. The number of carbonyl (C=O) groups is 1. The Hall–Kier alpha value is -1.34. The maximum absolute atomic E-state index is 12.6. The van der Waals surface area contributed by atoms with Crippen molar-refractivity contribution < 1.29 is 4.79 Å². The second-order valence-electron chi connectivity index (χ2n) is 8.13. The fourth-order valence-electron chi connectivity index (χ4n) is 4.31. The van der Waals surface area contributed by atoms with Gasteiger partial charge in [-0.2, -0.15) is 0 Å². The lowest BCUT2D eigenvalue weighted by Crippen LogP contribution is -2.41. The molecular formula is C20H27N3O2S2. The van der Waals surface area contributed by atoms with Crippen LogP contribution in [0.15, 0.2) is 9.95 Å². The van der Waals surface area contributed by atoms with Crippen molar-refractivity contribution in [2.75, 3.05) is 5.75 Å². The van der Waals surface area contributed by atoms with E-state index in [1.54, 1.807) is 11.3 Å². The van der Waals surface area contributed by atoms with Crippen molar-refractivity contribution in [1.29, 1.82) is 0 Å². The minimum absolute atomic E-state index is 0.0285. The van der Waals surface area contributed by atoms with Crippen molar-refractivity contribution in [3.8, 4) is 0 Å². The van der Waals surface area contributed by atoms with Crippen molar-refractivity contribution >= 4 is 39.2 Å². The Morgan fingerprint density at radius 1 is 1.30 bits per heavy atom. The van der Waals surface area contributed by atoms with E-state index in [4.69, 9.17) is 0 Å². The summed E-state index contributed by atoms with van der Waals surface area (Å²) in [6.07, 6.45) is 7.85. The summed E-state index contributed by atoms with van der Waals surface area (Å²) in [6, 6.07) is 0.285. The number of hydrogen-bond donors (Lipinski definition) is 2. The molecular weight excluding hydrogens is 378 g/mol. The van der Waals surface area contributed by atoms with Gasteiger partial charge in [0, 0.05) is 10.9 Å². The summed E-state index contributed by atoms with van der Waals surface area (Å²) in [6.45, 7) is 4.47. The van der Waals surface area contributed by atoms with Gasteiger partial charge in [0.1, 0.15) is 4.83 Å². The lowest BCUT2D eigenvalue weighted by molar-refractivity contribution is -0.119.